The Labute approximate surface area is 261 Å². The Bertz CT molecular complexity index is 962. The summed E-state index contributed by atoms with van der Waals surface area (Å²) in [5, 5.41) is 5.91. The van der Waals surface area contributed by atoms with E-state index in [9.17, 15) is 0 Å². The topological polar surface area (TPSA) is 34.1 Å². The van der Waals surface area contributed by atoms with E-state index in [1.54, 1.807) is 0 Å². The zero-order chi connectivity index (χ0) is 31.8. The lowest BCUT2D eigenvalue weighted by Gasteiger charge is -2.37. The van der Waals surface area contributed by atoms with Gasteiger partial charge in [0.05, 0.1) is 0 Å². The number of likely N-dealkylation sites (tertiary alicyclic amines) is 1. The average Bonchev–Trinajstić information content (AvgIpc) is 3.42. The highest BCUT2D eigenvalue weighted by Gasteiger charge is 2.31. The number of aliphatic imine (C=N–C) groups is 1. The van der Waals surface area contributed by atoms with Gasteiger partial charge < -0.3 is 20.0 Å². The van der Waals surface area contributed by atoms with Crippen LogP contribution in [0.25, 0.3) is 10.8 Å². The second-order valence-electron chi connectivity index (χ2n) is 10.8. The Balaban J connectivity index is 0.000000556. The van der Waals surface area contributed by atoms with E-state index in [1.807, 2.05) is 54.8 Å². The van der Waals surface area contributed by atoms with E-state index >= 15 is 0 Å². The molecule has 3 aliphatic heterocycles. The van der Waals surface area contributed by atoms with Gasteiger partial charge in [-0.15, -0.1) is 0 Å². The molecule has 0 spiro atoms. The quantitative estimate of drug-likeness (QED) is 0.393. The number of hydrogen-bond donors (Lipinski definition) is 1. The van der Waals surface area contributed by atoms with Crippen LogP contribution < -0.4 is 5.32 Å². The van der Waals surface area contributed by atoms with Crippen molar-refractivity contribution in [2.75, 3.05) is 66.5 Å². The van der Waals surface area contributed by atoms with Crippen molar-refractivity contribution < 1.29 is 0 Å². The third-order valence-corrected chi connectivity index (χ3v) is 7.45. The fraction of sp³-hybridized carbons (Fsp3) is 0.649. The number of fused-ring (bicyclic) bond motifs is 1. The van der Waals surface area contributed by atoms with E-state index in [-0.39, 0.29) is 5.41 Å². The monoisotopic (exact) mass is 582 g/mol. The van der Waals surface area contributed by atoms with Crippen molar-refractivity contribution in [3.8, 4) is 0 Å². The molecule has 3 aliphatic rings. The molecule has 0 amide bonds. The van der Waals surface area contributed by atoms with Crippen molar-refractivity contribution in [1.82, 2.24) is 20.0 Å². The average molecular weight is 582 g/mol. The van der Waals surface area contributed by atoms with Gasteiger partial charge in [0.1, 0.15) is 5.84 Å². The summed E-state index contributed by atoms with van der Waals surface area (Å²) in [6.45, 7) is 28.2. The summed E-state index contributed by atoms with van der Waals surface area (Å²) < 4.78 is 0. The molecule has 0 aromatic heterocycles. The minimum Gasteiger partial charge on any atom is -0.357 e. The van der Waals surface area contributed by atoms with Crippen LogP contribution in [0.3, 0.4) is 0 Å². The molecule has 0 radical (unpaired) electrons. The van der Waals surface area contributed by atoms with Crippen molar-refractivity contribution in [1.29, 1.82) is 0 Å². The largest absolute Gasteiger partial charge is 0.357 e. The van der Waals surface area contributed by atoms with Crippen LogP contribution in [-0.4, -0.2) is 87.0 Å². The Morgan fingerprint density at radius 1 is 0.786 bits per heavy atom. The molecule has 0 unspecified atom stereocenters. The third-order valence-electron chi connectivity index (χ3n) is 7.45. The van der Waals surface area contributed by atoms with E-state index in [0.717, 1.165) is 39.1 Å². The lowest BCUT2D eigenvalue weighted by molar-refractivity contribution is 0.208. The van der Waals surface area contributed by atoms with E-state index in [1.165, 1.54) is 61.1 Å². The number of piperazine rings is 1. The summed E-state index contributed by atoms with van der Waals surface area (Å²) in [6.07, 6.45) is 9.49. The van der Waals surface area contributed by atoms with E-state index in [2.05, 4.69) is 101 Å². The SMILES string of the molecule is CC.CC.CC.CCc1cccc2ccccc12.CN1CCN(C2=NC=CC2(C)C)CC1.CNCCN1CCCCC1. The summed E-state index contributed by atoms with van der Waals surface area (Å²) in [5.74, 6) is 1.24. The molecular weight excluding hydrogens is 514 g/mol. The van der Waals surface area contributed by atoms with Crippen molar-refractivity contribution in [3.05, 3.63) is 60.3 Å². The molecular formula is C37H67N5. The highest BCUT2D eigenvalue weighted by molar-refractivity contribution is 5.91. The van der Waals surface area contributed by atoms with Crippen LogP contribution in [0.15, 0.2) is 59.7 Å². The molecule has 3 heterocycles. The maximum Gasteiger partial charge on any atom is 0.114 e. The molecule has 2 aromatic rings. The van der Waals surface area contributed by atoms with Gasteiger partial charge in [0.25, 0.3) is 0 Å². The van der Waals surface area contributed by atoms with Crippen molar-refractivity contribution in [2.45, 2.75) is 88.0 Å². The molecule has 5 heteroatoms. The van der Waals surface area contributed by atoms with Crippen LogP contribution in [0.4, 0.5) is 0 Å². The summed E-state index contributed by atoms with van der Waals surface area (Å²) in [4.78, 5) is 11.8. The second kappa shape index (κ2) is 24.3. The van der Waals surface area contributed by atoms with Gasteiger partial charge in [-0.1, -0.05) is 103 Å². The normalized spacial score (nSPS) is 17.4. The van der Waals surface area contributed by atoms with Crippen LogP contribution in [0, 0.1) is 5.41 Å². The minimum atomic E-state index is 0.135. The highest BCUT2D eigenvalue weighted by Crippen LogP contribution is 2.27. The van der Waals surface area contributed by atoms with Crippen LogP contribution in [0.1, 0.15) is 87.1 Å². The zero-order valence-electron chi connectivity index (χ0n) is 29.5. The van der Waals surface area contributed by atoms with Gasteiger partial charge in [-0.3, -0.25) is 0 Å². The summed E-state index contributed by atoms with van der Waals surface area (Å²) >= 11 is 0. The maximum atomic E-state index is 4.48. The molecule has 2 aromatic carbocycles. The first-order valence-corrected chi connectivity index (χ1v) is 17.0. The van der Waals surface area contributed by atoms with Crippen LogP contribution >= 0.6 is 0 Å². The van der Waals surface area contributed by atoms with Crippen LogP contribution in [-0.2, 0) is 6.42 Å². The van der Waals surface area contributed by atoms with Gasteiger partial charge in [0, 0.05) is 50.9 Å². The first-order chi connectivity index (χ1) is 20.4. The minimum absolute atomic E-state index is 0.135. The van der Waals surface area contributed by atoms with E-state index in [0.29, 0.717) is 0 Å². The van der Waals surface area contributed by atoms with Gasteiger partial charge >= 0.3 is 0 Å². The Morgan fingerprint density at radius 2 is 1.38 bits per heavy atom. The second-order valence-corrected chi connectivity index (χ2v) is 10.8. The van der Waals surface area contributed by atoms with Crippen LogP contribution in [0.5, 0.6) is 0 Å². The number of nitrogens with one attached hydrogen (secondary N) is 1. The number of likely N-dealkylation sites (N-methyl/N-ethyl adjacent to an activating group) is 2. The molecule has 0 aliphatic carbocycles. The van der Waals surface area contributed by atoms with Crippen LogP contribution in [0.2, 0.25) is 0 Å². The van der Waals surface area contributed by atoms with Crippen molar-refractivity contribution in [2.24, 2.45) is 10.4 Å². The molecule has 42 heavy (non-hydrogen) atoms. The number of benzene rings is 2. The van der Waals surface area contributed by atoms with Gasteiger partial charge in [-0.25, -0.2) is 4.99 Å². The van der Waals surface area contributed by atoms with Crippen molar-refractivity contribution >= 4 is 16.6 Å². The first kappa shape index (κ1) is 39.8. The maximum absolute atomic E-state index is 4.48. The molecule has 5 rings (SSSR count). The Morgan fingerprint density at radius 3 is 1.93 bits per heavy atom. The zero-order valence-corrected chi connectivity index (χ0v) is 29.5. The first-order valence-electron chi connectivity index (χ1n) is 17.0. The smallest absolute Gasteiger partial charge is 0.114 e. The number of amidine groups is 1. The predicted octanol–water partition coefficient (Wildman–Crippen LogP) is 8.36. The predicted molar refractivity (Wildman–Crippen MR) is 191 cm³/mol. The van der Waals surface area contributed by atoms with Gasteiger partial charge in [-0.2, -0.15) is 0 Å². The molecule has 5 nitrogen and oxygen atoms in total. The molecule has 0 saturated carbocycles. The Kier molecular flexibility index (Phi) is 23.0. The number of piperidine rings is 1. The molecule has 2 saturated heterocycles. The molecule has 0 atom stereocenters. The van der Waals surface area contributed by atoms with E-state index < -0.39 is 0 Å². The lowest BCUT2D eigenvalue weighted by atomic mass is 9.92. The summed E-state index contributed by atoms with van der Waals surface area (Å²) in [7, 11) is 4.20. The molecule has 2 fully saturated rings. The molecule has 0 bridgehead atoms. The van der Waals surface area contributed by atoms with Gasteiger partial charge in [-0.05, 0) is 76.6 Å². The number of nitrogens with zero attached hydrogens (tertiary/aromatic N) is 4. The summed E-state index contributed by atoms with van der Waals surface area (Å²) in [6, 6.07) is 15.0. The van der Waals surface area contributed by atoms with Crippen molar-refractivity contribution in [3.63, 3.8) is 0 Å². The summed E-state index contributed by atoms with van der Waals surface area (Å²) in [5.41, 5.74) is 1.57. The third kappa shape index (κ3) is 14.3. The fourth-order valence-electron chi connectivity index (χ4n) is 5.10. The molecule has 1 N–H and O–H groups in total. The number of aryl methyl sites for hydroxylation is 1. The molecule has 240 valence electrons. The number of hydrogen-bond acceptors (Lipinski definition) is 5. The standard InChI is InChI=1S/C12H12.C11H19N3.C8H18N2.3C2H6/c1-2-10-7-5-8-11-6-3-4-9-12(10)11;1-11(2)4-5-12-10(11)14-8-6-13(3)7-9-14;1-9-5-8-10-6-3-2-4-7-10;3*1-2/h3-9H,2H2,1H3;4-5H,6-9H2,1-3H3;9H,2-8H2,1H3;3*1-2H3. The van der Waals surface area contributed by atoms with Gasteiger partial charge in [0.2, 0.25) is 0 Å². The van der Waals surface area contributed by atoms with E-state index in [4.69, 9.17) is 0 Å². The van der Waals surface area contributed by atoms with Gasteiger partial charge in [0.15, 0.2) is 0 Å². The number of rotatable bonds is 4. The fourth-order valence-corrected chi connectivity index (χ4v) is 5.10. The Hall–Kier alpha value is -2.21. The lowest BCUT2D eigenvalue weighted by Crippen LogP contribution is -2.50. The highest BCUT2D eigenvalue weighted by atomic mass is 15.3.